The van der Waals surface area contributed by atoms with Gasteiger partial charge in [-0.15, -0.1) is 0 Å². The van der Waals surface area contributed by atoms with Crippen molar-refractivity contribution in [1.82, 2.24) is 0 Å². The first-order valence-corrected chi connectivity index (χ1v) is 5.32. The second kappa shape index (κ2) is 4.63. The molecule has 0 aliphatic rings. The summed E-state index contributed by atoms with van der Waals surface area (Å²) in [5, 5.41) is 0. The van der Waals surface area contributed by atoms with E-state index >= 15 is 0 Å². The molecule has 0 aliphatic heterocycles. The van der Waals surface area contributed by atoms with Crippen molar-refractivity contribution >= 4 is 22.6 Å². The maximum absolute atomic E-state index is 12.6. The van der Waals surface area contributed by atoms with E-state index in [1.54, 1.807) is 0 Å². The Balaban J connectivity index is 3.59. The third kappa shape index (κ3) is 3.03. The molecule has 1 nitrogen and oxygen atoms in total. The Bertz CT molecular complexity index is 423. The van der Waals surface area contributed by atoms with Gasteiger partial charge in [0, 0.05) is 10.1 Å². The van der Waals surface area contributed by atoms with E-state index in [1.807, 2.05) is 0 Å². The van der Waals surface area contributed by atoms with Crippen LogP contribution in [0.4, 0.5) is 26.3 Å². The van der Waals surface area contributed by atoms with Crippen LogP contribution >= 0.6 is 22.6 Å². The van der Waals surface area contributed by atoms with Crippen LogP contribution in [0.5, 0.6) is 0 Å². The van der Waals surface area contributed by atoms with Crippen molar-refractivity contribution in [1.29, 1.82) is 0 Å². The van der Waals surface area contributed by atoms with Crippen molar-refractivity contribution in [3.63, 3.8) is 0 Å². The lowest BCUT2D eigenvalue weighted by atomic mass is 10.0. The summed E-state index contributed by atoms with van der Waals surface area (Å²) in [6, 6.07) is 1.37. The highest BCUT2D eigenvalue weighted by atomic mass is 127. The van der Waals surface area contributed by atoms with Gasteiger partial charge in [-0.25, -0.2) is 0 Å². The lowest BCUT2D eigenvalue weighted by molar-refractivity contribution is -0.162. The molecule has 0 amide bonds. The maximum atomic E-state index is 12.6. The van der Waals surface area contributed by atoms with Gasteiger partial charge in [0.15, 0.2) is 0 Å². The van der Waals surface area contributed by atoms with E-state index in [0.29, 0.717) is 6.07 Å². The third-order valence-electron chi connectivity index (χ3n) is 2.03. The molecule has 0 unspecified atom stereocenters. The Hall–Kier alpha value is -0.510. The predicted octanol–water partition coefficient (Wildman–Crippen LogP) is 3.79. The third-order valence-corrected chi connectivity index (χ3v) is 3.26. The van der Waals surface area contributed by atoms with E-state index in [2.05, 4.69) is 0 Å². The molecule has 8 heteroatoms. The van der Waals surface area contributed by atoms with Gasteiger partial charge in [-0.2, -0.15) is 26.3 Å². The average molecular weight is 369 g/mol. The van der Waals surface area contributed by atoms with Crippen LogP contribution in [0, 0.1) is 3.57 Å². The van der Waals surface area contributed by atoms with Gasteiger partial charge in [0.1, 0.15) is 0 Å². The van der Waals surface area contributed by atoms with E-state index in [1.165, 1.54) is 22.6 Å². The fourth-order valence-corrected chi connectivity index (χ4v) is 2.29. The number of halogens is 7. The van der Waals surface area contributed by atoms with Crippen molar-refractivity contribution in [2.24, 2.45) is 5.73 Å². The van der Waals surface area contributed by atoms with Gasteiger partial charge in [0.05, 0.1) is 11.1 Å². The molecule has 0 spiro atoms. The van der Waals surface area contributed by atoms with Crippen molar-refractivity contribution in [2.75, 3.05) is 0 Å². The standard InChI is InChI=1S/C9H6F6IN/c10-8(11,12)5-2-1-4(3-17)7(16)6(5)9(13,14)15/h1-2H,3,17H2. The van der Waals surface area contributed by atoms with Crippen LogP contribution in [0.1, 0.15) is 16.7 Å². The monoisotopic (exact) mass is 369 g/mol. The molecule has 0 aromatic heterocycles. The molecule has 2 N–H and O–H groups in total. The predicted molar refractivity (Wildman–Crippen MR) is 57.1 cm³/mol. The van der Waals surface area contributed by atoms with Gasteiger partial charge >= 0.3 is 12.4 Å². The second-order valence-corrected chi connectivity index (χ2v) is 4.24. The minimum atomic E-state index is -5.06. The zero-order chi connectivity index (χ0) is 13.4. The largest absolute Gasteiger partial charge is 0.418 e. The molecule has 1 rings (SSSR count). The summed E-state index contributed by atoms with van der Waals surface area (Å²) >= 11 is 1.23. The van der Waals surface area contributed by atoms with Gasteiger partial charge in [0.2, 0.25) is 0 Å². The van der Waals surface area contributed by atoms with Gasteiger partial charge < -0.3 is 5.73 Å². The Morgan fingerprint density at radius 1 is 1.00 bits per heavy atom. The van der Waals surface area contributed by atoms with Crippen LogP contribution in [0.15, 0.2) is 12.1 Å². The first-order chi connectivity index (χ1) is 7.59. The molecule has 0 bridgehead atoms. The van der Waals surface area contributed by atoms with Crippen molar-refractivity contribution in [2.45, 2.75) is 18.9 Å². The first kappa shape index (κ1) is 14.6. The summed E-state index contributed by atoms with van der Waals surface area (Å²) in [5.41, 5.74) is 1.84. The summed E-state index contributed by atoms with van der Waals surface area (Å²) in [6.45, 7) is -0.251. The number of hydrogen-bond donors (Lipinski definition) is 1. The summed E-state index contributed by atoms with van der Waals surface area (Å²) in [7, 11) is 0. The van der Waals surface area contributed by atoms with E-state index in [9.17, 15) is 26.3 Å². The first-order valence-electron chi connectivity index (χ1n) is 4.25. The van der Waals surface area contributed by atoms with Crippen molar-refractivity contribution < 1.29 is 26.3 Å². The van der Waals surface area contributed by atoms with E-state index < -0.39 is 27.0 Å². The van der Waals surface area contributed by atoms with Crippen molar-refractivity contribution in [3.8, 4) is 0 Å². The van der Waals surface area contributed by atoms with Crippen LogP contribution < -0.4 is 5.73 Å². The molecule has 0 atom stereocenters. The summed E-state index contributed by atoms with van der Waals surface area (Å²) < 4.78 is 74.7. The van der Waals surface area contributed by atoms with Crippen molar-refractivity contribution in [3.05, 3.63) is 32.4 Å². The van der Waals surface area contributed by atoms with E-state index in [0.717, 1.165) is 6.07 Å². The Kier molecular flexibility index (Phi) is 3.97. The molecule has 0 radical (unpaired) electrons. The van der Waals surface area contributed by atoms with Gasteiger partial charge in [0.25, 0.3) is 0 Å². The molecule has 1 aromatic rings. The average Bonchev–Trinajstić information content (AvgIpc) is 2.13. The molecule has 0 fully saturated rings. The zero-order valence-electron chi connectivity index (χ0n) is 8.08. The summed E-state index contributed by atoms with van der Waals surface area (Å²) in [6.07, 6.45) is -10.1. The van der Waals surface area contributed by atoms with Crippen LogP contribution in [0.25, 0.3) is 0 Å². The van der Waals surface area contributed by atoms with Crippen LogP contribution in [0.2, 0.25) is 0 Å². The molecule has 0 saturated heterocycles. The van der Waals surface area contributed by atoms with Crippen LogP contribution in [0.3, 0.4) is 0 Å². The molecule has 96 valence electrons. The molecule has 0 aliphatic carbocycles. The molecule has 17 heavy (non-hydrogen) atoms. The van der Waals surface area contributed by atoms with Gasteiger partial charge in [-0.05, 0) is 34.2 Å². The Morgan fingerprint density at radius 2 is 1.53 bits per heavy atom. The lowest BCUT2D eigenvalue weighted by Gasteiger charge is -2.18. The summed E-state index contributed by atoms with van der Waals surface area (Å²) in [5.74, 6) is 0. The molecule has 1 aromatic carbocycles. The maximum Gasteiger partial charge on any atom is 0.418 e. The number of benzene rings is 1. The Morgan fingerprint density at radius 3 is 1.88 bits per heavy atom. The lowest BCUT2D eigenvalue weighted by Crippen LogP contribution is -2.19. The van der Waals surface area contributed by atoms with Gasteiger partial charge in [-0.1, -0.05) is 6.07 Å². The Labute approximate surface area is 106 Å². The van der Waals surface area contributed by atoms with Crippen LogP contribution in [-0.4, -0.2) is 0 Å². The fourth-order valence-electron chi connectivity index (χ4n) is 1.29. The quantitative estimate of drug-likeness (QED) is 0.592. The van der Waals surface area contributed by atoms with E-state index in [4.69, 9.17) is 5.73 Å². The smallest absolute Gasteiger partial charge is 0.326 e. The highest BCUT2D eigenvalue weighted by Gasteiger charge is 2.44. The fraction of sp³-hybridized carbons (Fsp3) is 0.333. The van der Waals surface area contributed by atoms with Crippen LogP contribution in [-0.2, 0) is 18.9 Å². The number of alkyl halides is 6. The second-order valence-electron chi connectivity index (χ2n) is 3.16. The minimum absolute atomic E-state index is 0.0333. The SMILES string of the molecule is NCc1ccc(C(F)(F)F)c(C(F)(F)F)c1I. The van der Waals surface area contributed by atoms with Gasteiger partial charge in [-0.3, -0.25) is 0 Å². The molecule has 0 saturated carbocycles. The minimum Gasteiger partial charge on any atom is -0.326 e. The number of nitrogens with two attached hydrogens (primary N) is 1. The highest BCUT2D eigenvalue weighted by molar-refractivity contribution is 14.1. The molecular weight excluding hydrogens is 363 g/mol. The number of rotatable bonds is 1. The number of hydrogen-bond acceptors (Lipinski definition) is 1. The normalized spacial score (nSPS) is 12.9. The molecule has 0 heterocycles. The summed E-state index contributed by atoms with van der Waals surface area (Å²) in [4.78, 5) is 0. The molecular formula is C9H6F6IN. The zero-order valence-corrected chi connectivity index (χ0v) is 10.2. The van der Waals surface area contributed by atoms with E-state index in [-0.39, 0.29) is 12.1 Å². The highest BCUT2D eigenvalue weighted by Crippen LogP contribution is 2.43. The topological polar surface area (TPSA) is 26.0 Å².